The van der Waals surface area contributed by atoms with Gasteiger partial charge in [-0.3, -0.25) is 4.79 Å². The lowest BCUT2D eigenvalue weighted by Crippen LogP contribution is -2.13. The number of hydrogen-bond donors (Lipinski definition) is 1. The van der Waals surface area contributed by atoms with Crippen LogP contribution in [-0.2, 0) is 9.53 Å². The first-order chi connectivity index (χ1) is 8.66. The van der Waals surface area contributed by atoms with Crippen molar-refractivity contribution >= 4 is 5.97 Å². The van der Waals surface area contributed by atoms with Crippen molar-refractivity contribution in [3.05, 3.63) is 12.7 Å². The Bertz CT molecular complexity index is 215. The zero-order valence-corrected chi connectivity index (χ0v) is 11.8. The molecule has 0 amide bonds. The molecule has 0 saturated heterocycles. The number of carbonyl (C=O) groups is 1. The van der Waals surface area contributed by atoms with Crippen LogP contribution in [0.5, 0.6) is 0 Å². The molecular weight excluding hydrogens is 226 g/mol. The maximum Gasteiger partial charge on any atom is 0.306 e. The second kappa shape index (κ2) is 12.6. The van der Waals surface area contributed by atoms with Gasteiger partial charge in [-0.05, 0) is 19.8 Å². The average molecular weight is 255 g/mol. The lowest BCUT2D eigenvalue weighted by Gasteiger charge is -2.04. The van der Waals surface area contributed by atoms with E-state index in [2.05, 4.69) is 13.5 Å². The molecule has 3 heteroatoms. The Kier molecular flexibility index (Phi) is 12.0. The Labute approximate surface area is 112 Å². The van der Waals surface area contributed by atoms with E-state index in [4.69, 9.17) is 10.5 Å². The first kappa shape index (κ1) is 17.2. The van der Waals surface area contributed by atoms with E-state index in [0.29, 0.717) is 19.1 Å². The Morgan fingerprint density at radius 1 is 1.17 bits per heavy atom. The van der Waals surface area contributed by atoms with Crippen molar-refractivity contribution in [1.29, 1.82) is 0 Å². The largest absolute Gasteiger partial charge is 0.461 e. The van der Waals surface area contributed by atoms with E-state index >= 15 is 0 Å². The first-order valence-electron chi connectivity index (χ1n) is 7.19. The van der Waals surface area contributed by atoms with Crippen molar-refractivity contribution in [3.8, 4) is 0 Å². The second-order valence-electron chi connectivity index (χ2n) is 4.96. The normalized spacial score (nSPS) is 12.1. The fourth-order valence-electron chi connectivity index (χ4n) is 1.84. The van der Waals surface area contributed by atoms with Gasteiger partial charge in [0, 0.05) is 12.5 Å². The highest BCUT2D eigenvalue weighted by molar-refractivity contribution is 5.69. The van der Waals surface area contributed by atoms with Crippen molar-refractivity contribution < 1.29 is 9.53 Å². The molecule has 0 aliphatic carbocycles. The topological polar surface area (TPSA) is 52.3 Å². The first-order valence-corrected chi connectivity index (χ1v) is 7.19. The number of unbranched alkanes of at least 4 members (excludes halogenated alkanes) is 6. The zero-order valence-electron chi connectivity index (χ0n) is 11.8. The molecule has 0 fully saturated rings. The fourth-order valence-corrected chi connectivity index (χ4v) is 1.84. The monoisotopic (exact) mass is 255 g/mol. The molecule has 0 spiro atoms. The van der Waals surface area contributed by atoms with Crippen LogP contribution in [0.2, 0.25) is 0 Å². The van der Waals surface area contributed by atoms with E-state index in [-0.39, 0.29) is 5.97 Å². The van der Waals surface area contributed by atoms with Crippen molar-refractivity contribution in [2.24, 2.45) is 5.73 Å². The van der Waals surface area contributed by atoms with Gasteiger partial charge in [-0.1, -0.05) is 51.2 Å². The summed E-state index contributed by atoms with van der Waals surface area (Å²) in [6.07, 6.45) is 11.6. The smallest absolute Gasteiger partial charge is 0.306 e. The molecule has 0 heterocycles. The van der Waals surface area contributed by atoms with Crippen LogP contribution in [0.15, 0.2) is 12.7 Å². The summed E-state index contributed by atoms with van der Waals surface area (Å²) in [5, 5.41) is 0. The standard InChI is InChI=1S/C15H29NO2/c1-3-13-18-15(17)12-10-8-6-4-5-7-9-11-14(2)16/h3,14H,1,4-13,16H2,2H3. The van der Waals surface area contributed by atoms with Gasteiger partial charge in [0.15, 0.2) is 0 Å². The number of rotatable bonds is 12. The number of ether oxygens (including phenoxy) is 1. The molecule has 2 N–H and O–H groups in total. The number of carbonyl (C=O) groups excluding carboxylic acids is 1. The van der Waals surface area contributed by atoms with Crippen LogP contribution in [-0.4, -0.2) is 18.6 Å². The summed E-state index contributed by atoms with van der Waals surface area (Å²) < 4.78 is 4.90. The third kappa shape index (κ3) is 13.2. The molecule has 0 aliphatic heterocycles. The molecule has 0 radical (unpaired) electrons. The lowest BCUT2D eigenvalue weighted by atomic mass is 10.1. The molecule has 3 nitrogen and oxygen atoms in total. The van der Waals surface area contributed by atoms with Crippen molar-refractivity contribution in [2.75, 3.05) is 6.61 Å². The van der Waals surface area contributed by atoms with Crippen LogP contribution in [0.3, 0.4) is 0 Å². The van der Waals surface area contributed by atoms with Crippen LogP contribution in [0.25, 0.3) is 0 Å². The highest BCUT2D eigenvalue weighted by Crippen LogP contribution is 2.10. The van der Waals surface area contributed by atoms with E-state index in [1.54, 1.807) is 6.08 Å². The van der Waals surface area contributed by atoms with Gasteiger partial charge in [-0.15, -0.1) is 0 Å². The molecule has 1 unspecified atom stereocenters. The summed E-state index contributed by atoms with van der Waals surface area (Å²) in [7, 11) is 0. The highest BCUT2D eigenvalue weighted by atomic mass is 16.5. The predicted octanol–water partition coefficient (Wildman–Crippen LogP) is 3.57. The molecular formula is C15H29NO2. The molecule has 18 heavy (non-hydrogen) atoms. The van der Waals surface area contributed by atoms with Gasteiger partial charge in [0.2, 0.25) is 0 Å². The van der Waals surface area contributed by atoms with Crippen LogP contribution >= 0.6 is 0 Å². The van der Waals surface area contributed by atoms with Crippen LogP contribution in [0.1, 0.15) is 64.7 Å². The summed E-state index contributed by atoms with van der Waals surface area (Å²) in [6.45, 7) is 5.90. The molecule has 0 bridgehead atoms. The Morgan fingerprint density at radius 2 is 1.72 bits per heavy atom. The van der Waals surface area contributed by atoms with E-state index in [0.717, 1.165) is 19.3 Å². The van der Waals surface area contributed by atoms with E-state index < -0.39 is 0 Å². The number of nitrogens with two attached hydrogens (primary N) is 1. The fraction of sp³-hybridized carbons (Fsp3) is 0.800. The van der Waals surface area contributed by atoms with Gasteiger partial charge in [-0.2, -0.15) is 0 Å². The summed E-state index contributed by atoms with van der Waals surface area (Å²) in [5.41, 5.74) is 5.69. The van der Waals surface area contributed by atoms with E-state index in [1.165, 1.54) is 32.1 Å². The van der Waals surface area contributed by atoms with Gasteiger partial charge >= 0.3 is 5.97 Å². The maximum absolute atomic E-state index is 11.2. The van der Waals surface area contributed by atoms with Crippen molar-refractivity contribution in [2.45, 2.75) is 70.8 Å². The Morgan fingerprint density at radius 3 is 2.28 bits per heavy atom. The quantitative estimate of drug-likeness (QED) is 0.329. The SMILES string of the molecule is C=CCOC(=O)CCCCCCCCCC(C)N. The van der Waals surface area contributed by atoms with Gasteiger partial charge < -0.3 is 10.5 Å². The molecule has 0 aromatic rings. The van der Waals surface area contributed by atoms with Gasteiger partial charge in [0.1, 0.15) is 6.61 Å². The molecule has 0 saturated carbocycles. The molecule has 1 atom stereocenters. The lowest BCUT2D eigenvalue weighted by molar-refractivity contribution is -0.142. The maximum atomic E-state index is 11.2. The zero-order chi connectivity index (χ0) is 13.6. The number of esters is 1. The molecule has 0 aliphatic rings. The van der Waals surface area contributed by atoms with Gasteiger partial charge in [0.05, 0.1) is 0 Å². The third-order valence-corrected chi connectivity index (χ3v) is 2.90. The average Bonchev–Trinajstić information content (AvgIpc) is 2.34. The van der Waals surface area contributed by atoms with Crippen molar-refractivity contribution in [3.63, 3.8) is 0 Å². The van der Waals surface area contributed by atoms with E-state index in [9.17, 15) is 4.79 Å². The Balaban J connectivity index is 3.11. The molecule has 0 aromatic carbocycles. The summed E-state index contributed by atoms with van der Waals surface area (Å²) >= 11 is 0. The molecule has 106 valence electrons. The molecule has 0 rings (SSSR count). The Hall–Kier alpha value is -0.830. The second-order valence-corrected chi connectivity index (χ2v) is 4.96. The van der Waals surface area contributed by atoms with Gasteiger partial charge in [0.25, 0.3) is 0 Å². The van der Waals surface area contributed by atoms with Crippen LogP contribution < -0.4 is 5.73 Å². The minimum atomic E-state index is -0.105. The molecule has 0 aromatic heterocycles. The third-order valence-electron chi connectivity index (χ3n) is 2.90. The summed E-state index contributed by atoms with van der Waals surface area (Å²) in [6, 6.07) is 0.339. The van der Waals surface area contributed by atoms with Crippen molar-refractivity contribution in [1.82, 2.24) is 0 Å². The minimum Gasteiger partial charge on any atom is -0.461 e. The number of hydrogen-bond acceptors (Lipinski definition) is 3. The van der Waals surface area contributed by atoms with Gasteiger partial charge in [-0.25, -0.2) is 0 Å². The highest BCUT2D eigenvalue weighted by Gasteiger charge is 2.01. The summed E-state index contributed by atoms with van der Waals surface area (Å²) in [5.74, 6) is -0.105. The minimum absolute atomic E-state index is 0.105. The predicted molar refractivity (Wildman–Crippen MR) is 76.4 cm³/mol. The van der Waals surface area contributed by atoms with E-state index in [1.807, 2.05) is 0 Å². The summed E-state index contributed by atoms with van der Waals surface area (Å²) in [4.78, 5) is 11.2. The van der Waals surface area contributed by atoms with Crippen LogP contribution in [0, 0.1) is 0 Å². The van der Waals surface area contributed by atoms with Crippen LogP contribution in [0.4, 0.5) is 0 Å².